The summed E-state index contributed by atoms with van der Waals surface area (Å²) in [6.07, 6.45) is 0.718. The third kappa shape index (κ3) is 6.36. The molecule has 1 N–H and O–H groups in total. The molecular formula is C14H30N2O3. The molecule has 0 amide bonds. The lowest BCUT2D eigenvalue weighted by Gasteiger charge is -2.32. The average Bonchev–Trinajstić information content (AvgIpc) is 2.37. The van der Waals surface area contributed by atoms with Gasteiger partial charge in [-0.3, -0.25) is 9.69 Å². The molecule has 1 atom stereocenters. The van der Waals surface area contributed by atoms with Gasteiger partial charge < -0.3 is 14.8 Å². The van der Waals surface area contributed by atoms with Crippen LogP contribution in [0.1, 0.15) is 34.1 Å². The Kier molecular flexibility index (Phi) is 8.97. The lowest BCUT2D eigenvalue weighted by Crippen LogP contribution is -2.52. The Morgan fingerprint density at radius 1 is 1.32 bits per heavy atom. The van der Waals surface area contributed by atoms with Crippen LogP contribution in [0.3, 0.4) is 0 Å². The molecule has 0 heterocycles. The van der Waals surface area contributed by atoms with Gasteiger partial charge in [0, 0.05) is 26.2 Å². The van der Waals surface area contributed by atoms with Crippen molar-refractivity contribution in [3.8, 4) is 0 Å². The second-order valence-corrected chi connectivity index (χ2v) is 5.23. The quantitative estimate of drug-likeness (QED) is 0.608. The molecule has 0 aliphatic rings. The van der Waals surface area contributed by atoms with Crippen LogP contribution in [0.15, 0.2) is 0 Å². The molecule has 0 fully saturated rings. The zero-order valence-corrected chi connectivity index (χ0v) is 13.3. The number of nitrogens with one attached hydrogen (secondary N) is 1. The Balaban J connectivity index is 4.53. The molecule has 0 aromatic heterocycles. The van der Waals surface area contributed by atoms with Crippen molar-refractivity contribution in [2.24, 2.45) is 0 Å². The third-order valence-corrected chi connectivity index (χ3v) is 3.41. The number of ether oxygens (including phenoxy) is 2. The lowest BCUT2D eigenvalue weighted by atomic mass is 9.97. The Labute approximate surface area is 117 Å². The molecule has 5 heteroatoms. The van der Waals surface area contributed by atoms with Crippen LogP contribution in [0.25, 0.3) is 0 Å². The van der Waals surface area contributed by atoms with Gasteiger partial charge in [0.05, 0.1) is 13.7 Å². The van der Waals surface area contributed by atoms with Gasteiger partial charge >= 0.3 is 5.97 Å². The van der Waals surface area contributed by atoms with E-state index >= 15 is 0 Å². The predicted molar refractivity (Wildman–Crippen MR) is 77.3 cm³/mol. The number of carbonyl (C=O) groups is 1. The summed E-state index contributed by atoms with van der Waals surface area (Å²) in [6, 6.07) is 0.429. The molecule has 0 aliphatic heterocycles. The minimum absolute atomic E-state index is 0.204. The summed E-state index contributed by atoms with van der Waals surface area (Å²) in [5, 5.41) is 3.23. The zero-order valence-electron chi connectivity index (χ0n) is 13.3. The van der Waals surface area contributed by atoms with Crippen molar-refractivity contribution < 1.29 is 14.3 Å². The van der Waals surface area contributed by atoms with E-state index < -0.39 is 5.54 Å². The van der Waals surface area contributed by atoms with Crippen molar-refractivity contribution in [1.29, 1.82) is 0 Å². The number of likely N-dealkylation sites (N-methyl/N-ethyl adjacent to an activating group) is 1. The number of esters is 1. The highest BCUT2D eigenvalue weighted by Gasteiger charge is 2.33. The number of hydrogen-bond donors (Lipinski definition) is 1. The van der Waals surface area contributed by atoms with Gasteiger partial charge in [-0.2, -0.15) is 0 Å². The van der Waals surface area contributed by atoms with Crippen molar-refractivity contribution >= 4 is 5.97 Å². The van der Waals surface area contributed by atoms with Crippen molar-refractivity contribution in [2.75, 3.05) is 40.5 Å². The molecule has 0 aromatic rings. The van der Waals surface area contributed by atoms with Gasteiger partial charge in [0.25, 0.3) is 0 Å². The molecule has 0 rings (SSSR count). The molecule has 0 saturated heterocycles. The fraction of sp³-hybridized carbons (Fsp3) is 0.929. The Bertz CT molecular complexity index is 259. The summed E-state index contributed by atoms with van der Waals surface area (Å²) in [6.45, 7) is 11.3. The van der Waals surface area contributed by atoms with E-state index in [0.29, 0.717) is 12.6 Å². The summed E-state index contributed by atoms with van der Waals surface area (Å²) in [5.74, 6) is -0.204. The number of hydrogen-bond acceptors (Lipinski definition) is 5. The van der Waals surface area contributed by atoms with Gasteiger partial charge in [-0.1, -0.05) is 6.92 Å². The van der Waals surface area contributed by atoms with E-state index in [1.54, 1.807) is 7.11 Å². The Morgan fingerprint density at radius 2 is 1.95 bits per heavy atom. The van der Waals surface area contributed by atoms with E-state index in [1.807, 2.05) is 13.8 Å². The second kappa shape index (κ2) is 9.28. The van der Waals surface area contributed by atoms with Crippen LogP contribution in [-0.4, -0.2) is 62.9 Å². The molecular weight excluding hydrogens is 244 g/mol. The van der Waals surface area contributed by atoms with Crippen LogP contribution in [0.5, 0.6) is 0 Å². The molecule has 0 bridgehead atoms. The second-order valence-electron chi connectivity index (χ2n) is 5.23. The first-order valence-electron chi connectivity index (χ1n) is 6.97. The maximum Gasteiger partial charge on any atom is 0.325 e. The van der Waals surface area contributed by atoms with Crippen LogP contribution in [0.4, 0.5) is 0 Å². The minimum Gasteiger partial charge on any atom is -0.468 e. The normalized spacial score (nSPS) is 14.7. The summed E-state index contributed by atoms with van der Waals surface area (Å²) in [4.78, 5) is 14.2. The van der Waals surface area contributed by atoms with E-state index in [4.69, 9.17) is 9.47 Å². The van der Waals surface area contributed by atoms with Crippen LogP contribution < -0.4 is 5.32 Å². The van der Waals surface area contributed by atoms with E-state index in [1.165, 1.54) is 7.11 Å². The highest BCUT2D eigenvalue weighted by molar-refractivity contribution is 5.80. The lowest BCUT2D eigenvalue weighted by molar-refractivity contribution is -0.148. The number of carbonyl (C=O) groups excluding carboxylic acids is 1. The highest BCUT2D eigenvalue weighted by atomic mass is 16.5. The maximum absolute atomic E-state index is 11.9. The van der Waals surface area contributed by atoms with Crippen LogP contribution in [-0.2, 0) is 14.3 Å². The van der Waals surface area contributed by atoms with Crippen molar-refractivity contribution in [1.82, 2.24) is 10.2 Å². The molecule has 114 valence electrons. The molecule has 1 unspecified atom stereocenters. The fourth-order valence-electron chi connectivity index (χ4n) is 2.08. The molecule has 19 heavy (non-hydrogen) atoms. The highest BCUT2D eigenvalue weighted by Crippen LogP contribution is 2.14. The molecule has 0 saturated carbocycles. The molecule has 0 aromatic carbocycles. The van der Waals surface area contributed by atoms with E-state index in [-0.39, 0.29) is 5.97 Å². The SMILES string of the molecule is CCNC(C)(CCN(CCOC)C(C)C)C(=O)OC. The van der Waals surface area contributed by atoms with Crippen LogP contribution >= 0.6 is 0 Å². The van der Waals surface area contributed by atoms with E-state index in [2.05, 4.69) is 24.1 Å². The van der Waals surface area contributed by atoms with Crippen molar-refractivity contribution in [2.45, 2.75) is 45.7 Å². The monoisotopic (exact) mass is 274 g/mol. The number of nitrogens with zero attached hydrogens (tertiary/aromatic N) is 1. The van der Waals surface area contributed by atoms with Crippen molar-refractivity contribution in [3.05, 3.63) is 0 Å². The first-order valence-corrected chi connectivity index (χ1v) is 6.97. The Morgan fingerprint density at radius 3 is 2.37 bits per heavy atom. The number of rotatable bonds is 10. The minimum atomic E-state index is -0.621. The van der Waals surface area contributed by atoms with Gasteiger partial charge in [0.2, 0.25) is 0 Å². The van der Waals surface area contributed by atoms with Gasteiger partial charge in [0.1, 0.15) is 5.54 Å². The maximum atomic E-state index is 11.9. The summed E-state index contributed by atoms with van der Waals surface area (Å²) in [5.41, 5.74) is -0.621. The fourth-order valence-corrected chi connectivity index (χ4v) is 2.08. The van der Waals surface area contributed by atoms with Gasteiger partial charge in [0.15, 0.2) is 0 Å². The van der Waals surface area contributed by atoms with Gasteiger partial charge in [-0.15, -0.1) is 0 Å². The first-order chi connectivity index (χ1) is 8.91. The summed E-state index contributed by atoms with van der Waals surface area (Å²) < 4.78 is 10.0. The first kappa shape index (κ1) is 18.4. The largest absolute Gasteiger partial charge is 0.468 e. The third-order valence-electron chi connectivity index (χ3n) is 3.41. The average molecular weight is 274 g/mol. The van der Waals surface area contributed by atoms with Crippen molar-refractivity contribution in [3.63, 3.8) is 0 Å². The van der Waals surface area contributed by atoms with Crippen LogP contribution in [0, 0.1) is 0 Å². The van der Waals surface area contributed by atoms with Gasteiger partial charge in [-0.25, -0.2) is 0 Å². The smallest absolute Gasteiger partial charge is 0.325 e. The molecule has 0 spiro atoms. The zero-order chi connectivity index (χ0) is 14.9. The van der Waals surface area contributed by atoms with Gasteiger partial charge in [-0.05, 0) is 33.7 Å². The van der Waals surface area contributed by atoms with Crippen LogP contribution in [0.2, 0.25) is 0 Å². The Hall–Kier alpha value is -0.650. The van der Waals surface area contributed by atoms with E-state index in [0.717, 1.165) is 26.1 Å². The molecule has 0 aliphatic carbocycles. The summed E-state index contributed by atoms with van der Waals surface area (Å²) >= 11 is 0. The molecule has 5 nitrogen and oxygen atoms in total. The molecule has 0 radical (unpaired) electrons. The topological polar surface area (TPSA) is 50.8 Å². The predicted octanol–water partition coefficient (Wildman–Crippen LogP) is 1.27. The summed E-state index contributed by atoms with van der Waals surface area (Å²) in [7, 11) is 3.14. The van der Waals surface area contributed by atoms with E-state index in [9.17, 15) is 4.79 Å². The number of methoxy groups -OCH3 is 2. The standard InChI is InChI=1S/C14H30N2O3/c1-7-15-14(4,13(17)19-6)8-9-16(12(2)3)10-11-18-5/h12,15H,7-11H2,1-6H3.